The number of methoxy groups -OCH3 is 1. The average molecular weight is 437 g/mol. The number of nitrogens with one attached hydrogen (secondary N) is 2. The predicted octanol–water partition coefficient (Wildman–Crippen LogP) is 3.15. The maximum atomic E-state index is 12.6. The van der Waals surface area contributed by atoms with Crippen LogP contribution < -0.4 is 10.6 Å². The molecule has 0 radical (unpaired) electrons. The highest BCUT2D eigenvalue weighted by molar-refractivity contribution is 5.93. The number of benzene rings is 1. The second-order valence-electron chi connectivity index (χ2n) is 8.46. The smallest absolute Gasteiger partial charge is 0.238 e. The van der Waals surface area contributed by atoms with Crippen LogP contribution >= 0.6 is 0 Å². The van der Waals surface area contributed by atoms with Crippen molar-refractivity contribution in [1.29, 1.82) is 0 Å². The number of amides is 1. The van der Waals surface area contributed by atoms with Gasteiger partial charge in [0.2, 0.25) is 5.91 Å². The van der Waals surface area contributed by atoms with E-state index in [9.17, 15) is 4.79 Å². The lowest BCUT2D eigenvalue weighted by molar-refractivity contribution is -0.117. The number of rotatable bonds is 8. The summed E-state index contributed by atoms with van der Waals surface area (Å²) in [5, 5.41) is 13.0. The number of fused-ring (bicyclic) bond motifs is 1. The lowest BCUT2D eigenvalue weighted by Gasteiger charge is -2.32. The molecule has 170 valence electrons. The van der Waals surface area contributed by atoms with E-state index in [1.54, 1.807) is 11.8 Å². The molecule has 1 amide bonds. The van der Waals surface area contributed by atoms with Crippen LogP contribution in [-0.4, -0.2) is 65.5 Å². The molecule has 1 aromatic carbocycles. The van der Waals surface area contributed by atoms with Crippen LogP contribution in [0.3, 0.4) is 0 Å². The highest BCUT2D eigenvalue weighted by Crippen LogP contribution is 2.30. The highest BCUT2D eigenvalue weighted by atomic mass is 16.5. The SMILES string of the molecule is COCCNc1nc([C@H]2CCCN(CC(=O)Nc3cn(C)nc3C)C2)cc2ccccc12. The summed E-state index contributed by atoms with van der Waals surface area (Å²) >= 11 is 0. The van der Waals surface area contributed by atoms with Gasteiger partial charge >= 0.3 is 0 Å². The number of ether oxygens (including phenoxy) is 1. The number of pyridine rings is 1. The second-order valence-corrected chi connectivity index (χ2v) is 8.46. The number of hydrogen-bond donors (Lipinski definition) is 2. The zero-order valence-electron chi connectivity index (χ0n) is 19.1. The fourth-order valence-corrected chi connectivity index (χ4v) is 4.39. The van der Waals surface area contributed by atoms with Crippen LogP contribution in [0.5, 0.6) is 0 Å². The Morgan fingerprint density at radius 3 is 2.94 bits per heavy atom. The summed E-state index contributed by atoms with van der Waals surface area (Å²) in [6.07, 6.45) is 3.96. The number of aryl methyl sites for hydroxylation is 2. The lowest BCUT2D eigenvalue weighted by atomic mass is 9.93. The van der Waals surface area contributed by atoms with Gasteiger partial charge in [-0.05, 0) is 37.8 Å². The summed E-state index contributed by atoms with van der Waals surface area (Å²) in [5.74, 6) is 1.19. The maximum Gasteiger partial charge on any atom is 0.238 e. The summed E-state index contributed by atoms with van der Waals surface area (Å²) < 4.78 is 6.90. The van der Waals surface area contributed by atoms with E-state index in [0.717, 1.165) is 54.2 Å². The Kier molecular flexibility index (Phi) is 7.02. The minimum Gasteiger partial charge on any atom is -0.383 e. The number of aromatic nitrogens is 3. The molecule has 0 aliphatic carbocycles. The first kappa shape index (κ1) is 22.2. The third kappa shape index (κ3) is 5.26. The molecule has 1 aliphatic rings. The molecular weight excluding hydrogens is 404 g/mol. The van der Waals surface area contributed by atoms with Crippen LogP contribution in [0.1, 0.15) is 30.1 Å². The fourth-order valence-electron chi connectivity index (χ4n) is 4.39. The van der Waals surface area contributed by atoms with Crippen molar-refractivity contribution in [2.24, 2.45) is 7.05 Å². The first-order valence-electron chi connectivity index (χ1n) is 11.2. The molecule has 8 heteroatoms. The Balaban J connectivity index is 1.46. The van der Waals surface area contributed by atoms with Gasteiger partial charge in [0.15, 0.2) is 0 Å². The van der Waals surface area contributed by atoms with E-state index in [-0.39, 0.29) is 5.91 Å². The summed E-state index contributed by atoms with van der Waals surface area (Å²) in [7, 11) is 3.55. The van der Waals surface area contributed by atoms with E-state index in [2.05, 4.69) is 44.9 Å². The summed E-state index contributed by atoms with van der Waals surface area (Å²) in [4.78, 5) is 19.8. The number of piperidine rings is 1. The number of nitrogens with zero attached hydrogens (tertiary/aromatic N) is 4. The van der Waals surface area contributed by atoms with Gasteiger partial charge in [-0.25, -0.2) is 4.98 Å². The van der Waals surface area contributed by atoms with E-state index < -0.39 is 0 Å². The van der Waals surface area contributed by atoms with Crippen LogP contribution in [0.25, 0.3) is 10.8 Å². The van der Waals surface area contributed by atoms with Gasteiger partial charge in [-0.15, -0.1) is 0 Å². The first-order valence-corrected chi connectivity index (χ1v) is 11.2. The Morgan fingerprint density at radius 2 is 2.16 bits per heavy atom. The van der Waals surface area contributed by atoms with Crippen LogP contribution in [-0.2, 0) is 16.6 Å². The second kappa shape index (κ2) is 10.1. The molecule has 32 heavy (non-hydrogen) atoms. The molecule has 2 aromatic heterocycles. The predicted molar refractivity (Wildman–Crippen MR) is 127 cm³/mol. The quantitative estimate of drug-likeness (QED) is 0.528. The summed E-state index contributed by atoms with van der Waals surface area (Å²) in [5.41, 5.74) is 2.68. The van der Waals surface area contributed by atoms with E-state index in [1.807, 2.05) is 26.2 Å². The van der Waals surface area contributed by atoms with Gasteiger partial charge in [-0.1, -0.05) is 24.3 Å². The third-order valence-corrected chi connectivity index (χ3v) is 5.94. The number of carbonyl (C=O) groups is 1. The molecule has 8 nitrogen and oxygen atoms in total. The van der Waals surface area contributed by atoms with Gasteiger partial charge in [-0.2, -0.15) is 5.10 Å². The van der Waals surface area contributed by atoms with Gasteiger partial charge < -0.3 is 15.4 Å². The number of hydrogen-bond acceptors (Lipinski definition) is 6. The van der Waals surface area contributed by atoms with Crippen molar-refractivity contribution in [3.63, 3.8) is 0 Å². The average Bonchev–Trinajstić information content (AvgIpc) is 3.10. The van der Waals surface area contributed by atoms with Crippen LogP contribution in [0.4, 0.5) is 11.5 Å². The Bertz CT molecular complexity index is 1080. The molecule has 1 saturated heterocycles. The fraction of sp³-hybridized carbons (Fsp3) is 0.458. The zero-order chi connectivity index (χ0) is 22.5. The van der Waals surface area contributed by atoms with E-state index in [0.29, 0.717) is 25.6 Å². The van der Waals surface area contributed by atoms with Crippen LogP contribution in [0.15, 0.2) is 36.5 Å². The molecule has 3 heterocycles. The topological polar surface area (TPSA) is 84.3 Å². The number of likely N-dealkylation sites (tertiary alicyclic amines) is 1. The largest absolute Gasteiger partial charge is 0.383 e. The van der Waals surface area contributed by atoms with Crippen molar-refractivity contribution in [2.45, 2.75) is 25.7 Å². The van der Waals surface area contributed by atoms with Gasteiger partial charge in [0.25, 0.3) is 0 Å². The third-order valence-electron chi connectivity index (χ3n) is 5.94. The highest BCUT2D eigenvalue weighted by Gasteiger charge is 2.25. The Labute approximate surface area is 189 Å². The van der Waals surface area contributed by atoms with Crippen molar-refractivity contribution in [2.75, 3.05) is 50.5 Å². The van der Waals surface area contributed by atoms with Gasteiger partial charge in [0, 0.05) is 50.4 Å². The minimum atomic E-state index is -0.00450. The molecule has 0 spiro atoms. The Hall–Kier alpha value is -2.97. The van der Waals surface area contributed by atoms with Crippen LogP contribution in [0, 0.1) is 6.92 Å². The molecular formula is C24H32N6O2. The molecule has 4 rings (SSSR count). The minimum absolute atomic E-state index is 0.00450. The molecule has 3 aromatic rings. The number of carbonyl (C=O) groups excluding carboxylic acids is 1. The van der Waals surface area contributed by atoms with Gasteiger partial charge in [-0.3, -0.25) is 14.4 Å². The molecule has 1 aliphatic heterocycles. The zero-order valence-corrected chi connectivity index (χ0v) is 19.1. The summed E-state index contributed by atoms with van der Waals surface area (Å²) in [6.45, 7) is 5.35. The monoisotopic (exact) mass is 436 g/mol. The first-order chi connectivity index (χ1) is 15.5. The van der Waals surface area contributed by atoms with Gasteiger partial charge in [0.1, 0.15) is 5.82 Å². The molecule has 0 bridgehead atoms. The lowest BCUT2D eigenvalue weighted by Crippen LogP contribution is -2.40. The maximum absolute atomic E-state index is 12.6. The molecule has 1 atom stereocenters. The molecule has 0 unspecified atom stereocenters. The number of anilines is 2. The standard InChI is InChI=1S/C24H32N6O2/c1-17-22(15-29(2)28-17)26-23(31)16-30-11-6-8-19(14-30)21-13-18-7-4-5-9-20(18)24(27-21)25-10-12-32-3/h4-5,7,9,13,15,19H,6,8,10-12,14,16H2,1-3H3,(H,25,27)(H,26,31)/t19-/m0/s1. The van der Waals surface area contributed by atoms with Crippen molar-refractivity contribution >= 4 is 28.2 Å². The van der Waals surface area contributed by atoms with Crippen molar-refractivity contribution in [1.82, 2.24) is 19.7 Å². The van der Waals surface area contributed by atoms with E-state index >= 15 is 0 Å². The summed E-state index contributed by atoms with van der Waals surface area (Å²) in [6, 6.07) is 10.5. The van der Waals surface area contributed by atoms with Crippen molar-refractivity contribution in [3.05, 3.63) is 47.9 Å². The van der Waals surface area contributed by atoms with E-state index in [1.165, 1.54) is 5.39 Å². The van der Waals surface area contributed by atoms with Crippen molar-refractivity contribution in [3.8, 4) is 0 Å². The normalized spacial score (nSPS) is 16.9. The van der Waals surface area contributed by atoms with E-state index in [4.69, 9.17) is 9.72 Å². The molecule has 2 N–H and O–H groups in total. The molecule has 1 fully saturated rings. The Morgan fingerprint density at radius 1 is 1.31 bits per heavy atom. The molecule has 0 saturated carbocycles. The van der Waals surface area contributed by atoms with Crippen molar-refractivity contribution < 1.29 is 9.53 Å². The van der Waals surface area contributed by atoms with Gasteiger partial charge in [0.05, 0.1) is 24.5 Å². The van der Waals surface area contributed by atoms with Crippen LogP contribution in [0.2, 0.25) is 0 Å².